The first-order valence-electron chi connectivity index (χ1n) is 12.0. The molecule has 2 aromatic carbocycles. The summed E-state index contributed by atoms with van der Waals surface area (Å²) < 4.78 is 2.02. The Morgan fingerprint density at radius 1 is 1.24 bits per heavy atom. The minimum absolute atomic E-state index is 0.0173. The van der Waals surface area contributed by atoms with Gasteiger partial charge in [-0.2, -0.15) is 0 Å². The Balaban J connectivity index is 1.59. The zero-order valence-electron chi connectivity index (χ0n) is 20.1. The van der Waals surface area contributed by atoms with Gasteiger partial charge in [0.05, 0.1) is 21.6 Å². The predicted octanol–water partition coefficient (Wildman–Crippen LogP) is 6.80. The molecule has 1 amide bonds. The number of aromatic nitrogens is 2. The van der Waals surface area contributed by atoms with Crippen LogP contribution in [-0.4, -0.2) is 33.4 Å². The van der Waals surface area contributed by atoms with E-state index in [4.69, 9.17) is 34.6 Å². The molecule has 6 heteroatoms. The third-order valence-electron chi connectivity index (χ3n) is 7.06. The van der Waals surface area contributed by atoms with Gasteiger partial charge >= 0.3 is 0 Å². The number of likely N-dealkylation sites (tertiary alicyclic amines) is 1. The monoisotopic (exact) mass is 495 g/mol. The van der Waals surface area contributed by atoms with E-state index in [2.05, 4.69) is 12.8 Å². The van der Waals surface area contributed by atoms with Crippen LogP contribution in [0.5, 0.6) is 0 Å². The molecule has 4 rings (SSSR count). The topological polar surface area (TPSA) is 38.1 Å². The Labute approximate surface area is 212 Å². The number of carbonyl (C=O) groups is 1. The van der Waals surface area contributed by atoms with Crippen LogP contribution < -0.4 is 0 Å². The van der Waals surface area contributed by atoms with E-state index in [1.54, 1.807) is 12.1 Å². The Morgan fingerprint density at radius 2 is 1.97 bits per heavy atom. The highest BCUT2D eigenvalue weighted by atomic mass is 35.5. The van der Waals surface area contributed by atoms with Crippen LogP contribution in [0.1, 0.15) is 71.9 Å². The van der Waals surface area contributed by atoms with Crippen molar-refractivity contribution in [1.29, 1.82) is 0 Å². The Bertz CT molecular complexity index is 1260. The number of terminal acetylenes is 1. The highest BCUT2D eigenvalue weighted by Gasteiger charge is 2.26. The number of carbonyl (C=O) groups excluding carboxylic acids is 1. The zero-order chi connectivity index (χ0) is 24.4. The summed E-state index contributed by atoms with van der Waals surface area (Å²) >= 11 is 13.4. The molecule has 0 spiro atoms. The summed E-state index contributed by atoms with van der Waals surface area (Å²) in [5, 5.41) is 0.951. The van der Waals surface area contributed by atoms with Gasteiger partial charge in [-0.05, 0) is 61.1 Å². The predicted molar refractivity (Wildman–Crippen MR) is 141 cm³/mol. The maximum atomic E-state index is 13.3. The van der Waals surface area contributed by atoms with Crippen LogP contribution >= 0.6 is 23.2 Å². The second kappa shape index (κ2) is 10.4. The molecule has 0 bridgehead atoms. The molecule has 4 nitrogen and oxygen atoms in total. The van der Waals surface area contributed by atoms with E-state index >= 15 is 0 Å². The zero-order valence-corrected chi connectivity index (χ0v) is 21.6. The molecule has 178 valence electrons. The minimum Gasteiger partial charge on any atom is -0.339 e. The normalized spacial score (nSPS) is 14.5. The Hall–Kier alpha value is -2.48. The molecule has 34 heavy (non-hydrogen) atoms. The summed E-state index contributed by atoms with van der Waals surface area (Å²) in [4.78, 5) is 20.1. The SMILES string of the molecule is C#Cc1cc(C)c2nc(Cc3c(Cl)ccc(C(=O)N4CCC(CCCC)CC4)c3Cl)n(C)c2c1. The van der Waals surface area contributed by atoms with Crippen molar-refractivity contribution in [2.75, 3.05) is 13.1 Å². The van der Waals surface area contributed by atoms with Gasteiger partial charge in [0.25, 0.3) is 5.91 Å². The molecular weight excluding hydrogens is 465 g/mol. The van der Waals surface area contributed by atoms with Crippen molar-refractivity contribution in [1.82, 2.24) is 14.5 Å². The summed E-state index contributed by atoms with van der Waals surface area (Å²) in [5.74, 6) is 4.22. The van der Waals surface area contributed by atoms with Gasteiger partial charge in [-0.15, -0.1) is 6.42 Å². The number of hydrogen-bond donors (Lipinski definition) is 0. The van der Waals surface area contributed by atoms with Crippen molar-refractivity contribution in [3.05, 3.63) is 62.4 Å². The van der Waals surface area contributed by atoms with Crippen LogP contribution in [0, 0.1) is 25.2 Å². The van der Waals surface area contributed by atoms with Crippen molar-refractivity contribution in [3.63, 3.8) is 0 Å². The maximum absolute atomic E-state index is 13.3. The lowest BCUT2D eigenvalue weighted by molar-refractivity contribution is 0.0686. The van der Waals surface area contributed by atoms with Gasteiger partial charge in [0.2, 0.25) is 0 Å². The number of benzene rings is 2. The fourth-order valence-corrected chi connectivity index (χ4v) is 5.50. The largest absolute Gasteiger partial charge is 0.339 e. The van der Waals surface area contributed by atoms with Crippen molar-refractivity contribution >= 4 is 40.1 Å². The number of rotatable bonds is 6. The number of piperidine rings is 1. The molecule has 0 atom stereocenters. The standard InChI is InChI=1S/C28H31Cl2N3O/c1-5-7-8-20-11-13-33(14-12-20)28(34)21-9-10-23(29)22(26(21)30)17-25-31-27-18(3)15-19(6-2)16-24(27)32(25)4/h2,9-10,15-16,20H,5,7-8,11-14,17H2,1,3-4H3. The van der Waals surface area contributed by atoms with E-state index in [1.807, 2.05) is 35.6 Å². The average Bonchev–Trinajstić information content (AvgIpc) is 3.16. The molecule has 1 aliphatic rings. The van der Waals surface area contributed by atoms with E-state index < -0.39 is 0 Å². The van der Waals surface area contributed by atoms with Gasteiger partial charge in [-0.3, -0.25) is 4.79 Å². The number of unbranched alkanes of at least 4 members (excludes halogenated alkanes) is 1. The summed E-state index contributed by atoms with van der Waals surface area (Å²) in [7, 11) is 1.96. The molecule has 2 heterocycles. The van der Waals surface area contributed by atoms with Crippen molar-refractivity contribution < 1.29 is 4.79 Å². The first kappa shape index (κ1) is 24.6. The van der Waals surface area contributed by atoms with E-state index in [9.17, 15) is 4.79 Å². The van der Waals surface area contributed by atoms with Crippen LogP contribution in [0.15, 0.2) is 24.3 Å². The van der Waals surface area contributed by atoms with Crippen molar-refractivity contribution in [2.45, 2.75) is 52.4 Å². The van der Waals surface area contributed by atoms with Crippen molar-refractivity contribution in [3.8, 4) is 12.3 Å². The second-order valence-corrected chi connectivity index (χ2v) is 10.1. The lowest BCUT2D eigenvalue weighted by atomic mass is 9.91. The Morgan fingerprint density at radius 3 is 2.65 bits per heavy atom. The van der Waals surface area contributed by atoms with Gasteiger partial charge in [0.15, 0.2) is 0 Å². The van der Waals surface area contributed by atoms with Gasteiger partial charge < -0.3 is 9.47 Å². The third-order valence-corrected chi connectivity index (χ3v) is 7.84. The molecule has 3 aromatic rings. The number of amides is 1. The summed E-state index contributed by atoms with van der Waals surface area (Å²) in [6, 6.07) is 7.45. The number of nitrogens with zero attached hydrogens (tertiary/aromatic N) is 3. The molecule has 0 aliphatic carbocycles. The van der Waals surface area contributed by atoms with Gasteiger partial charge in [0.1, 0.15) is 5.82 Å². The first-order valence-corrected chi connectivity index (χ1v) is 12.8. The third kappa shape index (κ3) is 4.83. The molecular formula is C28H31Cl2N3O. The molecule has 0 N–H and O–H groups in total. The first-order chi connectivity index (χ1) is 16.3. The molecule has 0 radical (unpaired) electrons. The van der Waals surface area contributed by atoms with Crippen LogP contribution in [0.25, 0.3) is 11.0 Å². The summed E-state index contributed by atoms with van der Waals surface area (Å²) in [6.45, 7) is 5.79. The van der Waals surface area contributed by atoms with Gasteiger partial charge in [0, 0.05) is 37.1 Å². The maximum Gasteiger partial charge on any atom is 0.255 e. The number of imidazole rings is 1. The highest BCUT2D eigenvalue weighted by Crippen LogP contribution is 2.33. The average molecular weight is 496 g/mol. The van der Waals surface area contributed by atoms with Crippen LogP contribution in [0.4, 0.5) is 0 Å². The summed E-state index contributed by atoms with van der Waals surface area (Å²) in [6.07, 6.45) is 11.9. The lowest BCUT2D eigenvalue weighted by Gasteiger charge is -2.32. The molecule has 1 aromatic heterocycles. The lowest BCUT2D eigenvalue weighted by Crippen LogP contribution is -2.38. The van der Waals surface area contributed by atoms with E-state index in [1.165, 1.54) is 19.3 Å². The molecule has 0 unspecified atom stereocenters. The molecule has 0 saturated carbocycles. The molecule has 1 aliphatic heterocycles. The molecule has 1 fully saturated rings. The van der Waals surface area contributed by atoms with E-state index in [-0.39, 0.29) is 5.91 Å². The Kier molecular flexibility index (Phi) is 7.55. The van der Waals surface area contributed by atoms with Gasteiger partial charge in [-0.25, -0.2) is 4.98 Å². The van der Waals surface area contributed by atoms with Gasteiger partial charge in [-0.1, -0.05) is 55.3 Å². The minimum atomic E-state index is -0.0173. The van der Waals surface area contributed by atoms with Crippen LogP contribution in [-0.2, 0) is 13.5 Å². The fourth-order valence-electron chi connectivity index (χ4n) is 4.92. The van der Waals surface area contributed by atoms with E-state index in [0.29, 0.717) is 22.0 Å². The number of hydrogen-bond acceptors (Lipinski definition) is 2. The highest BCUT2D eigenvalue weighted by molar-refractivity contribution is 6.38. The quantitative estimate of drug-likeness (QED) is 0.352. The van der Waals surface area contributed by atoms with Crippen molar-refractivity contribution in [2.24, 2.45) is 13.0 Å². The number of halogens is 2. The van der Waals surface area contributed by atoms with E-state index in [0.717, 1.165) is 65.4 Å². The molecule has 1 saturated heterocycles. The summed E-state index contributed by atoms with van der Waals surface area (Å²) in [5.41, 5.74) is 4.95. The number of fused-ring (bicyclic) bond motifs is 1. The number of aryl methyl sites for hydroxylation is 2. The van der Waals surface area contributed by atoms with Crippen LogP contribution in [0.2, 0.25) is 10.0 Å². The fraction of sp³-hybridized carbons (Fsp3) is 0.429. The smallest absolute Gasteiger partial charge is 0.255 e. The second-order valence-electron chi connectivity index (χ2n) is 9.33. The van der Waals surface area contributed by atoms with Crippen LogP contribution in [0.3, 0.4) is 0 Å².